The first kappa shape index (κ1) is 8.24. The summed E-state index contributed by atoms with van der Waals surface area (Å²) in [6, 6.07) is 0. The molecule has 0 spiro atoms. The van der Waals surface area contributed by atoms with Crippen molar-refractivity contribution >= 4 is 11.3 Å². The van der Waals surface area contributed by atoms with E-state index < -0.39 is 0 Å². The third kappa shape index (κ3) is 1.86. The summed E-state index contributed by atoms with van der Waals surface area (Å²) in [5, 5.41) is 3.57. The Labute approximate surface area is 77.8 Å². The predicted octanol–water partition coefficient (Wildman–Crippen LogP) is 3.22. The first-order chi connectivity index (χ1) is 5.75. The van der Waals surface area contributed by atoms with Crippen LogP contribution in [0.1, 0.15) is 43.3 Å². The van der Waals surface area contributed by atoms with E-state index in [1.54, 1.807) is 0 Å². The van der Waals surface area contributed by atoms with Gasteiger partial charge < -0.3 is 0 Å². The quantitative estimate of drug-likeness (QED) is 0.697. The molecule has 0 aliphatic heterocycles. The smallest absolute Gasteiger partial charge is 0.0930 e. The van der Waals surface area contributed by atoms with Gasteiger partial charge in [-0.05, 0) is 18.8 Å². The monoisotopic (exact) mass is 181 g/mol. The lowest BCUT2D eigenvalue weighted by atomic mass is 10.1. The summed E-state index contributed by atoms with van der Waals surface area (Å²) in [6.07, 6.45) is 3.88. The fraction of sp³-hybridized carbons (Fsp3) is 0.700. The summed E-state index contributed by atoms with van der Waals surface area (Å²) >= 11 is 1.84. The third-order valence-corrected chi connectivity index (χ3v) is 3.04. The molecule has 0 amide bonds. The van der Waals surface area contributed by atoms with Crippen LogP contribution < -0.4 is 0 Å². The number of rotatable bonds is 3. The molecule has 1 aromatic rings. The van der Waals surface area contributed by atoms with Crippen LogP contribution in [0.4, 0.5) is 0 Å². The molecule has 0 aromatic carbocycles. The molecule has 1 fully saturated rings. The van der Waals surface area contributed by atoms with Gasteiger partial charge in [-0.15, -0.1) is 11.3 Å². The Morgan fingerprint density at radius 1 is 1.58 bits per heavy atom. The molecule has 2 heteroatoms. The van der Waals surface area contributed by atoms with Gasteiger partial charge in [-0.25, -0.2) is 4.98 Å². The number of nitrogens with zero attached hydrogens (tertiary/aromatic N) is 1. The normalized spacial score (nSPS) is 17.2. The van der Waals surface area contributed by atoms with Crippen LogP contribution in [0, 0.1) is 5.92 Å². The van der Waals surface area contributed by atoms with Gasteiger partial charge in [-0.3, -0.25) is 0 Å². The van der Waals surface area contributed by atoms with E-state index in [4.69, 9.17) is 0 Å². The maximum absolute atomic E-state index is 4.63. The minimum absolute atomic E-state index is 0.739. The maximum atomic E-state index is 4.63. The van der Waals surface area contributed by atoms with Crippen molar-refractivity contribution in [2.75, 3.05) is 0 Å². The highest BCUT2D eigenvalue weighted by Gasteiger charge is 2.25. The molecule has 1 heterocycles. The summed E-state index contributed by atoms with van der Waals surface area (Å²) in [5.74, 6) is 1.56. The molecule has 0 unspecified atom stereocenters. The minimum atomic E-state index is 0.739. The van der Waals surface area contributed by atoms with E-state index in [0.717, 1.165) is 18.3 Å². The molecular weight excluding hydrogens is 166 g/mol. The number of aromatic nitrogens is 1. The Kier molecular flexibility index (Phi) is 2.18. The zero-order chi connectivity index (χ0) is 8.55. The van der Waals surface area contributed by atoms with Gasteiger partial charge in [0.15, 0.2) is 0 Å². The van der Waals surface area contributed by atoms with Gasteiger partial charge in [0.2, 0.25) is 0 Å². The molecule has 12 heavy (non-hydrogen) atoms. The fourth-order valence-corrected chi connectivity index (χ4v) is 2.42. The molecule has 0 N–H and O–H groups in total. The maximum Gasteiger partial charge on any atom is 0.0930 e. The highest BCUT2D eigenvalue weighted by molar-refractivity contribution is 7.09. The fourth-order valence-electron chi connectivity index (χ4n) is 1.33. The molecule has 0 saturated heterocycles. The summed E-state index contributed by atoms with van der Waals surface area (Å²) in [6.45, 7) is 4.50. The second kappa shape index (κ2) is 3.17. The van der Waals surface area contributed by atoms with Crippen molar-refractivity contribution in [1.29, 1.82) is 0 Å². The summed E-state index contributed by atoms with van der Waals surface area (Å²) in [4.78, 5) is 4.63. The average Bonchev–Trinajstić information content (AvgIpc) is 2.73. The average molecular weight is 181 g/mol. The topological polar surface area (TPSA) is 12.9 Å². The van der Waals surface area contributed by atoms with Gasteiger partial charge in [0, 0.05) is 17.7 Å². The number of hydrogen-bond donors (Lipinski definition) is 0. The van der Waals surface area contributed by atoms with Crippen molar-refractivity contribution in [3.63, 3.8) is 0 Å². The summed E-state index contributed by atoms with van der Waals surface area (Å²) in [5.41, 5.74) is 1.36. The highest BCUT2D eigenvalue weighted by Crippen LogP contribution is 2.40. The Morgan fingerprint density at radius 2 is 2.33 bits per heavy atom. The SMILES string of the molecule is CC(C)Cc1nc(C2CC2)cs1. The van der Waals surface area contributed by atoms with Crippen molar-refractivity contribution in [2.45, 2.75) is 39.0 Å². The van der Waals surface area contributed by atoms with Crippen molar-refractivity contribution in [3.05, 3.63) is 16.1 Å². The lowest BCUT2D eigenvalue weighted by molar-refractivity contribution is 0.643. The predicted molar refractivity (Wildman–Crippen MR) is 52.6 cm³/mol. The minimum Gasteiger partial charge on any atom is -0.246 e. The van der Waals surface area contributed by atoms with Crippen LogP contribution in [0.15, 0.2) is 5.38 Å². The molecule has 1 aliphatic rings. The van der Waals surface area contributed by atoms with Crippen LogP contribution >= 0.6 is 11.3 Å². The van der Waals surface area contributed by atoms with Crippen molar-refractivity contribution in [3.8, 4) is 0 Å². The van der Waals surface area contributed by atoms with E-state index in [9.17, 15) is 0 Å². The summed E-state index contributed by atoms with van der Waals surface area (Å²) < 4.78 is 0. The first-order valence-electron chi connectivity index (χ1n) is 4.70. The van der Waals surface area contributed by atoms with Gasteiger partial charge in [-0.2, -0.15) is 0 Å². The zero-order valence-electron chi connectivity index (χ0n) is 7.71. The molecular formula is C10H15NS. The van der Waals surface area contributed by atoms with Crippen LogP contribution in [0.2, 0.25) is 0 Å². The van der Waals surface area contributed by atoms with Gasteiger partial charge in [0.05, 0.1) is 10.7 Å². The molecule has 0 bridgehead atoms. The van der Waals surface area contributed by atoms with Gasteiger partial charge in [-0.1, -0.05) is 13.8 Å². The molecule has 0 atom stereocenters. The standard InChI is InChI=1S/C10H15NS/c1-7(2)5-10-11-9(6-12-10)8-3-4-8/h6-8H,3-5H2,1-2H3. The number of hydrogen-bond acceptors (Lipinski definition) is 2. The van der Waals surface area contributed by atoms with Crippen LogP contribution in [0.25, 0.3) is 0 Å². The Hall–Kier alpha value is -0.370. The van der Waals surface area contributed by atoms with Crippen LogP contribution in [0.3, 0.4) is 0 Å². The van der Waals surface area contributed by atoms with E-state index in [1.807, 2.05) is 11.3 Å². The Bertz CT molecular complexity index is 261. The van der Waals surface area contributed by atoms with E-state index in [0.29, 0.717) is 0 Å². The van der Waals surface area contributed by atoms with E-state index in [1.165, 1.54) is 23.5 Å². The van der Waals surface area contributed by atoms with Crippen LogP contribution in [-0.2, 0) is 6.42 Å². The highest BCUT2D eigenvalue weighted by atomic mass is 32.1. The van der Waals surface area contributed by atoms with Gasteiger partial charge in [0.1, 0.15) is 0 Å². The van der Waals surface area contributed by atoms with Crippen molar-refractivity contribution in [1.82, 2.24) is 4.98 Å². The van der Waals surface area contributed by atoms with E-state index in [2.05, 4.69) is 24.2 Å². The molecule has 1 aromatic heterocycles. The van der Waals surface area contributed by atoms with E-state index in [-0.39, 0.29) is 0 Å². The molecule has 1 saturated carbocycles. The largest absolute Gasteiger partial charge is 0.246 e. The third-order valence-electron chi connectivity index (χ3n) is 2.15. The number of thiazole rings is 1. The Balaban J connectivity index is 2.03. The lowest BCUT2D eigenvalue weighted by Gasteiger charge is -1.98. The lowest BCUT2D eigenvalue weighted by Crippen LogP contribution is -1.93. The van der Waals surface area contributed by atoms with E-state index >= 15 is 0 Å². The van der Waals surface area contributed by atoms with Crippen LogP contribution in [-0.4, -0.2) is 4.98 Å². The first-order valence-corrected chi connectivity index (χ1v) is 5.58. The molecule has 2 rings (SSSR count). The molecule has 1 nitrogen and oxygen atoms in total. The zero-order valence-corrected chi connectivity index (χ0v) is 8.53. The Morgan fingerprint density at radius 3 is 2.92 bits per heavy atom. The molecule has 66 valence electrons. The second-order valence-corrected chi connectivity index (χ2v) is 4.98. The van der Waals surface area contributed by atoms with Crippen molar-refractivity contribution in [2.24, 2.45) is 5.92 Å². The molecule has 0 radical (unpaired) electrons. The van der Waals surface area contributed by atoms with Gasteiger partial charge >= 0.3 is 0 Å². The second-order valence-electron chi connectivity index (χ2n) is 4.04. The van der Waals surface area contributed by atoms with Crippen LogP contribution in [0.5, 0.6) is 0 Å². The summed E-state index contributed by atoms with van der Waals surface area (Å²) in [7, 11) is 0. The van der Waals surface area contributed by atoms with Crippen molar-refractivity contribution < 1.29 is 0 Å². The van der Waals surface area contributed by atoms with Gasteiger partial charge in [0.25, 0.3) is 0 Å². The molecule has 1 aliphatic carbocycles.